The Balaban J connectivity index is 2.28. The van der Waals surface area contributed by atoms with Crippen molar-refractivity contribution in [2.24, 2.45) is 0 Å². The van der Waals surface area contributed by atoms with Gasteiger partial charge < -0.3 is 14.4 Å². The van der Waals surface area contributed by atoms with Gasteiger partial charge in [0.05, 0.1) is 31.4 Å². The molecule has 0 aliphatic carbocycles. The van der Waals surface area contributed by atoms with Crippen molar-refractivity contribution in [2.45, 2.75) is 25.9 Å². The Morgan fingerprint density at radius 2 is 2.11 bits per heavy atom. The highest BCUT2D eigenvalue weighted by molar-refractivity contribution is 5.75. The average molecular weight is 253 g/mol. The minimum atomic E-state index is -0.834. The van der Waals surface area contributed by atoms with Crippen LogP contribution in [0.2, 0.25) is 0 Å². The molecule has 0 spiro atoms. The Morgan fingerprint density at radius 3 is 2.67 bits per heavy atom. The van der Waals surface area contributed by atoms with E-state index in [1.165, 1.54) is 0 Å². The largest absolute Gasteiger partial charge is 0.480 e. The third kappa shape index (κ3) is 2.54. The molecule has 0 aromatic carbocycles. The number of hydrogen-bond donors (Lipinski definition) is 1. The van der Waals surface area contributed by atoms with Crippen LogP contribution in [0.3, 0.4) is 0 Å². The molecule has 1 aliphatic heterocycles. The zero-order valence-electron chi connectivity index (χ0n) is 10.7. The van der Waals surface area contributed by atoms with E-state index in [2.05, 4.69) is 4.98 Å². The van der Waals surface area contributed by atoms with E-state index in [9.17, 15) is 9.90 Å². The number of aliphatic carboxylic acids is 1. The Kier molecular flexibility index (Phi) is 3.98. The number of nitrogens with zero attached hydrogens (tertiary/aromatic N) is 3. The van der Waals surface area contributed by atoms with E-state index in [1.54, 1.807) is 12.5 Å². The lowest BCUT2D eigenvalue weighted by Crippen LogP contribution is -2.43. The van der Waals surface area contributed by atoms with Crippen molar-refractivity contribution in [1.29, 1.82) is 0 Å². The number of hydrogen-bond acceptors (Lipinski definition) is 4. The number of imidazole rings is 1. The van der Waals surface area contributed by atoms with Crippen LogP contribution in [0.4, 0.5) is 0 Å². The van der Waals surface area contributed by atoms with Gasteiger partial charge in [0, 0.05) is 19.1 Å². The van der Waals surface area contributed by atoms with Crippen LogP contribution in [0, 0.1) is 0 Å². The number of ether oxygens (including phenoxy) is 1. The van der Waals surface area contributed by atoms with Gasteiger partial charge in [0.15, 0.2) is 6.04 Å². The first-order chi connectivity index (χ1) is 8.61. The quantitative estimate of drug-likeness (QED) is 0.864. The fourth-order valence-corrected chi connectivity index (χ4v) is 2.26. The first kappa shape index (κ1) is 13.0. The van der Waals surface area contributed by atoms with Crippen molar-refractivity contribution in [3.05, 3.63) is 18.2 Å². The molecule has 6 heteroatoms. The number of carboxylic acid groups (broad SMARTS) is 1. The fraction of sp³-hybridized carbons (Fsp3) is 0.667. The SMILES string of the molecule is CC(C)n1cncc1C(C(=O)O)N1CCOCC1. The van der Waals surface area contributed by atoms with E-state index in [-0.39, 0.29) is 6.04 Å². The molecule has 0 saturated carbocycles. The number of carbonyl (C=O) groups is 1. The zero-order valence-corrected chi connectivity index (χ0v) is 10.7. The maximum Gasteiger partial charge on any atom is 0.327 e. The van der Waals surface area contributed by atoms with Crippen molar-refractivity contribution in [3.8, 4) is 0 Å². The van der Waals surface area contributed by atoms with Gasteiger partial charge in [-0.1, -0.05) is 0 Å². The molecule has 100 valence electrons. The van der Waals surface area contributed by atoms with Crippen molar-refractivity contribution >= 4 is 5.97 Å². The molecule has 0 radical (unpaired) electrons. The van der Waals surface area contributed by atoms with E-state index in [0.29, 0.717) is 26.3 Å². The van der Waals surface area contributed by atoms with E-state index >= 15 is 0 Å². The van der Waals surface area contributed by atoms with Gasteiger partial charge >= 0.3 is 5.97 Å². The highest BCUT2D eigenvalue weighted by atomic mass is 16.5. The summed E-state index contributed by atoms with van der Waals surface area (Å²) in [4.78, 5) is 17.6. The van der Waals surface area contributed by atoms with Crippen LogP contribution in [0.25, 0.3) is 0 Å². The molecule has 6 nitrogen and oxygen atoms in total. The molecule has 2 heterocycles. The van der Waals surface area contributed by atoms with Gasteiger partial charge in [-0.25, -0.2) is 4.98 Å². The summed E-state index contributed by atoms with van der Waals surface area (Å²) in [6, 6.07) is -0.441. The Labute approximate surface area is 106 Å². The number of aromatic nitrogens is 2. The van der Waals surface area contributed by atoms with Gasteiger partial charge in [-0.05, 0) is 13.8 Å². The summed E-state index contributed by atoms with van der Waals surface area (Å²) in [6.45, 7) is 6.48. The summed E-state index contributed by atoms with van der Waals surface area (Å²) in [5, 5.41) is 9.48. The van der Waals surface area contributed by atoms with E-state index < -0.39 is 12.0 Å². The molecule has 1 N–H and O–H groups in total. The molecule has 1 atom stereocenters. The normalized spacial score (nSPS) is 19.1. The monoisotopic (exact) mass is 253 g/mol. The van der Waals surface area contributed by atoms with Gasteiger partial charge in [0.1, 0.15) is 0 Å². The first-order valence-electron chi connectivity index (χ1n) is 6.17. The second-order valence-electron chi connectivity index (χ2n) is 4.71. The molecular formula is C12H19N3O3. The van der Waals surface area contributed by atoms with E-state index in [1.807, 2.05) is 23.3 Å². The zero-order chi connectivity index (χ0) is 13.1. The third-order valence-electron chi connectivity index (χ3n) is 3.18. The molecule has 1 unspecified atom stereocenters. The molecule has 0 amide bonds. The van der Waals surface area contributed by atoms with Gasteiger partial charge in [-0.3, -0.25) is 9.69 Å². The molecule has 1 aromatic heterocycles. The number of morpholine rings is 1. The maximum absolute atomic E-state index is 11.5. The first-order valence-corrected chi connectivity index (χ1v) is 6.17. The molecule has 18 heavy (non-hydrogen) atoms. The summed E-state index contributed by atoms with van der Waals surface area (Å²) < 4.78 is 7.18. The van der Waals surface area contributed by atoms with Crippen LogP contribution < -0.4 is 0 Å². The summed E-state index contributed by atoms with van der Waals surface area (Å²) in [6.07, 6.45) is 3.34. The van der Waals surface area contributed by atoms with Crippen LogP contribution in [-0.2, 0) is 9.53 Å². The second-order valence-corrected chi connectivity index (χ2v) is 4.71. The molecule has 1 aliphatic rings. The van der Waals surface area contributed by atoms with Crippen molar-refractivity contribution in [1.82, 2.24) is 14.5 Å². The van der Waals surface area contributed by atoms with Gasteiger partial charge in [-0.15, -0.1) is 0 Å². The molecule has 1 aromatic rings. The smallest absolute Gasteiger partial charge is 0.327 e. The summed E-state index contributed by atoms with van der Waals surface area (Å²) in [7, 11) is 0. The predicted octanol–water partition coefficient (Wildman–Crippen LogP) is 0.922. The van der Waals surface area contributed by atoms with E-state index in [0.717, 1.165) is 5.69 Å². The summed E-state index contributed by atoms with van der Waals surface area (Å²) >= 11 is 0. The van der Waals surface area contributed by atoms with Crippen LogP contribution in [0.5, 0.6) is 0 Å². The fourth-order valence-electron chi connectivity index (χ4n) is 2.26. The van der Waals surface area contributed by atoms with Crippen LogP contribution >= 0.6 is 0 Å². The topological polar surface area (TPSA) is 67.6 Å². The molecule has 1 saturated heterocycles. The highest BCUT2D eigenvalue weighted by Gasteiger charge is 2.31. The lowest BCUT2D eigenvalue weighted by Gasteiger charge is -2.32. The van der Waals surface area contributed by atoms with Gasteiger partial charge in [-0.2, -0.15) is 0 Å². The number of rotatable bonds is 4. The maximum atomic E-state index is 11.5. The number of carboxylic acids is 1. The Morgan fingerprint density at radius 1 is 1.44 bits per heavy atom. The standard InChI is InChI=1S/C12H19N3O3/c1-9(2)15-8-13-7-10(15)11(12(16)17)14-3-5-18-6-4-14/h7-9,11H,3-6H2,1-2H3,(H,16,17). The molecule has 1 fully saturated rings. The van der Waals surface area contributed by atoms with Crippen molar-refractivity contribution < 1.29 is 14.6 Å². The van der Waals surface area contributed by atoms with Crippen molar-refractivity contribution in [3.63, 3.8) is 0 Å². The molecule has 2 rings (SSSR count). The predicted molar refractivity (Wildman–Crippen MR) is 65.4 cm³/mol. The molecular weight excluding hydrogens is 234 g/mol. The summed E-state index contributed by atoms with van der Waals surface area (Å²) in [5.74, 6) is -0.834. The minimum absolute atomic E-state index is 0.199. The second kappa shape index (κ2) is 5.49. The van der Waals surface area contributed by atoms with E-state index in [4.69, 9.17) is 4.74 Å². The Hall–Kier alpha value is -1.40. The van der Waals surface area contributed by atoms with Crippen LogP contribution in [-0.4, -0.2) is 51.8 Å². The van der Waals surface area contributed by atoms with Gasteiger partial charge in [0.2, 0.25) is 0 Å². The molecule has 0 bridgehead atoms. The lowest BCUT2D eigenvalue weighted by atomic mass is 10.1. The lowest BCUT2D eigenvalue weighted by molar-refractivity contribution is -0.145. The highest BCUT2D eigenvalue weighted by Crippen LogP contribution is 2.24. The van der Waals surface area contributed by atoms with Gasteiger partial charge in [0.25, 0.3) is 0 Å². The van der Waals surface area contributed by atoms with Crippen LogP contribution in [0.1, 0.15) is 31.6 Å². The van der Waals surface area contributed by atoms with Crippen LogP contribution in [0.15, 0.2) is 12.5 Å². The minimum Gasteiger partial charge on any atom is -0.480 e. The third-order valence-corrected chi connectivity index (χ3v) is 3.18. The summed E-state index contributed by atoms with van der Waals surface area (Å²) in [5.41, 5.74) is 0.736. The van der Waals surface area contributed by atoms with Crippen molar-refractivity contribution in [2.75, 3.05) is 26.3 Å². The Bertz CT molecular complexity index is 410. The average Bonchev–Trinajstić information content (AvgIpc) is 2.79.